The van der Waals surface area contributed by atoms with E-state index in [1.807, 2.05) is 6.26 Å². The average molecular weight is 294 g/mol. The van der Waals surface area contributed by atoms with Gasteiger partial charge >= 0.3 is 0 Å². The molecule has 2 unspecified atom stereocenters. The van der Waals surface area contributed by atoms with E-state index in [9.17, 15) is 0 Å². The zero-order chi connectivity index (χ0) is 14.5. The molecular weight excluding hydrogens is 268 g/mol. The Bertz CT molecular complexity index is 438. The number of anilines is 2. The lowest BCUT2D eigenvalue weighted by Gasteiger charge is -2.37. The van der Waals surface area contributed by atoms with Gasteiger partial charge in [0.2, 0.25) is 0 Å². The molecule has 1 fully saturated rings. The number of thioether (sulfide) groups is 1. The second-order valence-electron chi connectivity index (χ2n) is 5.70. The normalized spacial score (nSPS) is 22.9. The van der Waals surface area contributed by atoms with Crippen molar-refractivity contribution < 1.29 is 0 Å². The summed E-state index contributed by atoms with van der Waals surface area (Å²) in [5.74, 6) is 2.84. The third-order valence-electron chi connectivity index (χ3n) is 3.86. The highest BCUT2D eigenvalue weighted by atomic mass is 32.2. The van der Waals surface area contributed by atoms with Crippen molar-refractivity contribution in [3.8, 4) is 0 Å². The molecule has 1 aliphatic heterocycles. The molecule has 5 heteroatoms. The Kier molecular flexibility index (Phi) is 5.52. The molecule has 20 heavy (non-hydrogen) atoms. The number of nitrogens with zero attached hydrogens (tertiary/aromatic N) is 3. The van der Waals surface area contributed by atoms with Gasteiger partial charge in [-0.15, -0.1) is 0 Å². The predicted molar refractivity (Wildman–Crippen MR) is 87.8 cm³/mol. The van der Waals surface area contributed by atoms with Crippen LogP contribution in [0.1, 0.15) is 40.0 Å². The quantitative estimate of drug-likeness (QED) is 0.663. The third-order valence-corrected chi connectivity index (χ3v) is 4.41. The number of hydrogen-bond donors (Lipinski definition) is 1. The summed E-state index contributed by atoms with van der Waals surface area (Å²) in [6.07, 6.45) is 5.63. The third kappa shape index (κ3) is 3.78. The van der Waals surface area contributed by atoms with Crippen LogP contribution in [0.3, 0.4) is 0 Å². The Balaban J connectivity index is 2.21. The van der Waals surface area contributed by atoms with Crippen molar-refractivity contribution in [1.82, 2.24) is 9.97 Å². The van der Waals surface area contributed by atoms with Gasteiger partial charge in [-0.05, 0) is 38.4 Å². The van der Waals surface area contributed by atoms with Crippen LogP contribution in [0.5, 0.6) is 0 Å². The van der Waals surface area contributed by atoms with E-state index in [1.54, 1.807) is 11.8 Å². The fourth-order valence-electron chi connectivity index (χ4n) is 2.74. The van der Waals surface area contributed by atoms with Gasteiger partial charge in [-0.2, -0.15) is 0 Å². The van der Waals surface area contributed by atoms with Gasteiger partial charge in [0.05, 0.1) is 0 Å². The monoisotopic (exact) mass is 294 g/mol. The lowest BCUT2D eigenvalue weighted by atomic mass is 9.93. The lowest BCUT2D eigenvalue weighted by molar-refractivity contribution is 0.375. The summed E-state index contributed by atoms with van der Waals surface area (Å²) >= 11 is 1.61. The van der Waals surface area contributed by atoms with Gasteiger partial charge in [-0.3, -0.25) is 0 Å². The molecule has 1 N–H and O–H groups in total. The van der Waals surface area contributed by atoms with Gasteiger partial charge < -0.3 is 10.2 Å². The molecule has 2 rings (SSSR count). The molecule has 1 aromatic rings. The SMILES string of the molecule is CCCNc1cc(N2CCC(C)CC2C)nc(SC)n1. The van der Waals surface area contributed by atoms with Crippen LogP contribution in [0.25, 0.3) is 0 Å². The maximum absolute atomic E-state index is 4.70. The summed E-state index contributed by atoms with van der Waals surface area (Å²) in [4.78, 5) is 11.7. The number of hydrogen-bond acceptors (Lipinski definition) is 5. The summed E-state index contributed by atoms with van der Waals surface area (Å²) in [7, 11) is 0. The molecule has 0 spiro atoms. The average Bonchev–Trinajstić information content (AvgIpc) is 2.44. The van der Waals surface area contributed by atoms with Crippen molar-refractivity contribution in [3.05, 3.63) is 6.07 Å². The minimum Gasteiger partial charge on any atom is -0.370 e. The highest BCUT2D eigenvalue weighted by molar-refractivity contribution is 7.98. The molecule has 0 aliphatic carbocycles. The first-order valence-electron chi connectivity index (χ1n) is 7.57. The van der Waals surface area contributed by atoms with E-state index in [0.29, 0.717) is 6.04 Å². The van der Waals surface area contributed by atoms with Crippen LogP contribution in [0, 0.1) is 5.92 Å². The van der Waals surface area contributed by atoms with Crippen molar-refractivity contribution >= 4 is 23.4 Å². The van der Waals surface area contributed by atoms with Crippen LogP contribution in [-0.2, 0) is 0 Å². The molecule has 1 aromatic heterocycles. The van der Waals surface area contributed by atoms with E-state index in [4.69, 9.17) is 4.98 Å². The van der Waals surface area contributed by atoms with E-state index in [-0.39, 0.29) is 0 Å². The molecule has 1 saturated heterocycles. The molecule has 0 bridgehead atoms. The summed E-state index contributed by atoms with van der Waals surface area (Å²) in [6, 6.07) is 2.66. The van der Waals surface area contributed by atoms with E-state index >= 15 is 0 Å². The van der Waals surface area contributed by atoms with Crippen molar-refractivity contribution in [1.29, 1.82) is 0 Å². The van der Waals surface area contributed by atoms with Gasteiger partial charge in [-0.25, -0.2) is 9.97 Å². The Labute approximate surface area is 126 Å². The number of aromatic nitrogens is 2. The molecule has 4 nitrogen and oxygen atoms in total. The van der Waals surface area contributed by atoms with Gasteiger partial charge in [0.15, 0.2) is 5.16 Å². The summed E-state index contributed by atoms with van der Waals surface area (Å²) in [5.41, 5.74) is 0. The number of piperidine rings is 1. The molecule has 0 amide bonds. The predicted octanol–water partition coefficient (Wildman–Crippen LogP) is 3.65. The highest BCUT2D eigenvalue weighted by Gasteiger charge is 2.24. The largest absolute Gasteiger partial charge is 0.370 e. The van der Waals surface area contributed by atoms with Crippen LogP contribution in [0.4, 0.5) is 11.6 Å². The van der Waals surface area contributed by atoms with Crippen LogP contribution in [-0.4, -0.2) is 35.4 Å². The molecule has 0 radical (unpaired) electrons. The Hall–Kier alpha value is -0.970. The topological polar surface area (TPSA) is 41.0 Å². The zero-order valence-electron chi connectivity index (χ0n) is 13.0. The van der Waals surface area contributed by atoms with Crippen LogP contribution in [0.2, 0.25) is 0 Å². The van der Waals surface area contributed by atoms with Crippen molar-refractivity contribution in [2.45, 2.75) is 51.2 Å². The van der Waals surface area contributed by atoms with E-state index in [1.165, 1.54) is 12.8 Å². The molecular formula is C15H26N4S. The van der Waals surface area contributed by atoms with E-state index in [2.05, 4.69) is 42.0 Å². The molecule has 0 saturated carbocycles. The van der Waals surface area contributed by atoms with Crippen molar-refractivity contribution in [2.24, 2.45) is 5.92 Å². The first-order chi connectivity index (χ1) is 9.63. The van der Waals surface area contributed by atoms with E-state index in [0.717, 1.165) is 42.2 Å². The van der Waals surface area contributed by atoms with Crippen LogP contribution < -0.4 is 10.2 Å². The smallest absolute Gasteiger partial charge is 0.191 e. The lowest BCUT2D eigenvalue weighted by Crippen LogP contribution is -2.40. The van der Waals surface area contributed by atoms with Crippen molar-refractivity contribution in [2.75, 3.05) is 29.6 Å². The fourth-order valence-corrected chi connectivity index (χ4v) is 3.12. The summed E-state index contributed by atoms with van der Waals surface area (Å²) in [5, 5.41) is 4.23. The summed E-state index contributed by atoms with van der Waals surface area (Å²) in [6.45, 7) is 8.86. The second kappa shape index (κ2) is 7.16. The Morgan fingerprint density at radius 1 is 1.40 bits per heavy atom. The maximum Gasteiger partial charge on any atom is 0.191 e. The van der Waals surface area contributed by atoms with Gasteiger partial charge in [0.25, 0.3) is 0 Å². The Morgan fingerprint density at radius 3 is 2.85 bits per heavy atom. The molecule has 2 atom stereocenters. The first kappa shape index (κ1) is 15.4. The summed E-state index contributed by atoms with van der Waals surface area (Å²) < 4.78 is 0. The Morgan fingerprint density at radius 2 is 2.20 bits per heavy atom. The fraction of sp³-hybridized carbons (Fsp3) is 0.733. The maximum atomic E-state index is 4.70. The molecule has 0 aromatic carbocycles. The minimum absolute atomic E-state index is 0.558. The second-order valence-corrected chi connectivity index (χ2v) is 6.47. The van der Waals surface area contributed by atoms with E-state index < -0.39 is 0 Å². The number of nitrogens with one attached hydrogen (secondary N) is 1. The van der Waals surface area contributed by atoms with Crippen molar-refractivity contribution in [3.63, 3.8) is 0 Å². The molecule has 2 heterocycles. The standard InChI is InChI=1S/C15H26N4S/c1-5-7-16-13-10-14(18-15(17-13)20-4)19-8-6-11(2)9-12(19)3/h10-12H,5-9H2,1-4H3,(H,16,17,18). The van der Waals surface area contributed by atoms with Gasteiger partial charge in [-0.1, -0.05) is 25.6 Å². The zero-order valence-corrected chi connectivity index (χ0v) is 13.8. The molecule has 1 aliphatic rings. The van der Waals surface area contributed by atoms with Crippen LogP contribution >= 0.6 is 11.8 Å². The van der Waals surface area contributed by atoms with Gasteiger partial charge in [0, 0.05) is 25.2 Å². The minimum atomic E-state index is 0.558. The van der Waals surface area contributed by atoms with Crippen LogP contribution in [0.15, 0.2) is 11.2 Å². The molecule has 112 valence electrons. The highest BCUT2D eigenvalue weighted by Crippen LogP contribution is 2.28. The first-order valence-corrected chi connectivity index (χ1v) is 8.80. The van der Waals surface area contributed by atoms with Gasteiger partial charge in [0.1, 0.15) is 11.6 Å². The number of rotatable bonds is 5.